The van der Waals surface area contributed by atoms with Gasteiger partial charge in [-0.1, -0.05) is 0 Å². The summed E-state index contributed by atoms with van der Waals surface area (Å²) in [4.78, 5) is 15.1. The molecule has 2 heterocycles. The van der Waals surface area contributed by atoms with Gasteiger partial charge < -0.3 is 5.32 Å². The van der Waals surface area contributed by atoms with Crippen LogP contribution >= 0.6 is 11.8 Å². The molecule has 3 nitrogen and oxygen atoms in total. The lowest BCUT2D eigenvalue weighted by molar-refractivity contribution is 0.0948. The maximum atomic E-state index is 12.5. The van der Waals surface area contributed by atoms with E-state index < -0.39 is 5.95 Å². The third-order valence-electron chi connectivity index (χ3n) is 2.56. The summed E-state index contributed by atoms with van der Waals surface area (Å²) in [6.45, 7) is 0.698. The maximum Gasteiger partial charge on any atom is 0.252 e. The van der Waals surface area contributed by atoms with E-state index in [0.717, 1.165) is 12.2 Å². The van der Waals surface area contributed by atoms with Crippen molar-refractivity contribution in [3.63, 3.8) is 0 Å². The molecule has 86 valence electrons. The first-order chi connectivity index (χ1) is 7.75. The molecule has 1 unspecified atom stereocenters. The number of carbonyl (C=O) groups excluding carboxylic acids is 1. The average molecular weight is 240 g/mol. The van der Waals surface area contributed by atoms with Gasteiger partial charge in [0, 0.05) is 12.7 Å². The zero-order valence-electron chi connectivity index (χ0n) is 8.78. The van der Waals surface area contributed by atoms with Crippen LogP contribution < -0.4 is 5.32 Å². The van der Waals surface area contributed by atoms with Crippen LogP contribution in [0.5, 0.6) is 0 Å². The summed E-state index contributed by atoms with van der Waals surface area (Å²) in [7, 11) is 0. The van der Waals surface area contributed by atoms with Gasteiger partial charge in [-0.05, 0) is 36.0 Å². The van der Waals surface area contributed by atoms with Gasteiger partial charge in [0.15, 0.2) is 0 Å². The molecule has 16 heavy (non-hydrogen) atoms. The number of halogens is 1. The third-order valence-corrected chi connectivity index (χ3v) is 3.80. The number of rotatable bonds is 3. The molecule has 0 aliphatic carbocycles. The third kappa shape index (κ3) is 2.95. The quantitative estimate of drug-likeness (QED) is 0.818. The van der Waals surface area contributed by atoms with E-state index >= 15 is 0 Å². The van der Waals surface area contributed by atoms with Crippen molar-refractivity contribution in [2.45, 2.75) is 6.42 Å². The van der Waals surface area contributed by atoms with Gasteiger partial charge in [-0.15, -0.1) is 0 Å². The van der Waals surface area contributed by atoms with Crippen LogP contribution in [0.2, 0.25) is 0 Å². The second-order valence-electron chi connectivity index (χ2n) is 3.81. The van der Waals surface area contributed by atoms with Crippen LogP contribution in [0.1, 0.15) is 16.8 Å². The summed E-state index contributed by atoms with van der Waals surface area (Å²) >= 11 is 1.92. The highest BCUT2D eigenvalue weighted by Crippen LogP contribution is 2.22. The normalized spacial score (nSPS) is 19.7. The Labute approximate surface area is 97.8 Å². The van der Waals surface area contributed by atoms with Gasteiger partial charge in [0.05, 0.1) is 5.56 Å². The molecule has 0 aromatic carbocycles. The molecule has 0 spiro atoms. The van der Waals surface area contributed by atoms with Crippen LogP contribution in [0.15, 0.2) is 18.3 Å². The van der Waals surface area contributed by atoms with E-state index in [1.54, 1.807) is 0 Å². The Morgan fingerprint density at radius 1 is 1.62 bits per heavy atom. The molecule has 1 amide bonds. The number of nitrogens with zero attached hydrogens (tertiary/aromatic N) is 1. The fraction of sp³-hybridized carbons (Fsp3) is 0.455. The number of hydrogen-bond donors (Lipinski definition) is 1. The second kappa shape index (κ2) is 5.30. The second-order valence-corrected chi connectivity index (χ2v) is 4.96. The van der Waals surface area contributed by atoms with E-state index in [-0.39, 0.29) is 5.91 Å². The molecule has 1 fully saturated rings. The maximum absolute atomic E-state index is 12.5. The highest BCUT2D eigenvalue weighted by Gasteiger charge is 2.16. The average Bonchev–Trinajstić information content (AvgIpc) is 2.80. The van der Waals surface area contributed by atoms with E-state index in [9.17, 15) is 9.18 Å². The Kier molecular flexibility index (Phi) is 3.77. The molecule has 1 aliphatic heterocycles. The number of hydrogen-bond acceptors (Lipinski definition) is 3. The van der Waals surface area contributed by atoms with Crippen LogP contribution in [0.3, 0.4) is 0 Å². The van der Waals surface area contributed by atoms with E-state index in [1.807, 2.05) is 11.8 Å². The number of carbonyl (C=O) groups is 1. The Balaban J connectivity index is 1.85. The fourth-order valence-corrected chi connectivity index (χ4v) is 2.88. The molecule has 1 N–H and O–H groups in total. The monoisotopic (exact) mass is 240 g/mol. The van der Waals surface area contributed by atoms with Crippen molar-refractivity contribution in [2.24, 2.45) is 5.92 Å². The van der Waals surface area contributed by atoms with Crippen LogP contribution in [0, 0.1) is 11.9 Å². The Morgan fingerprint density at radius 2 is 2.50 bits per heavy atom. The largest absolute Gasteiger partial charge is 0.352 e. The minimum Gasteiger partial charge on any atom is -0.352 e. The number of thioether (sulfide) groups is 1. The predicted octanol–water partition coefficient (Wildman–Crippen LogP) is 1.70. The Bertz CT molecular complexity index is 363. The van der Waals surface area contributed by atoms with Crippen molar-refractivity contribution < 1.29 is 9.18 Å². The number of pyridine rings is 1. The fourth-order valence-electron chi connectivity index (χ4n) is 1.59. The molecule has 1 atom stereocenters. The molecule has 0 saturated carbocycles. The topological polar surface area (TPSA) is 42.0 Å². The lowest BCUT2D eigenvalue weighted by Crippen LogP contribution is -2.29. The number of aromatic nitrogens is 1. The molecular weight excluding hydrogens is 227 g/mol. The molecule has 0 radical (unpaired) electrons. The van der Waals surface area contributed by atoms with Gasteiger partial charge in [-0.3, -0.25) is 4.79 Å². The summed E-state index contributed by atoms with van der Waals surface area (Å²) in [5, 5.41) is 2.85. The molecule has 0 bridgehead atoms. The van der Waals surface area contributed by atoms with E-state index in [0.29, 0.717) is 18.0 Å². The lowest BCUT2D eigenvalue weighted by Gasteiger charge is -2.09. The standard InChI is InChI=1S/C11H13FN2OS/c12-10-2-1-9(6-13-10)11(15)14-5-8-3-4-16-7-8/h1-2,6,8H,3-5,7H2,(H,14,15). The van der Waals surface area contributed by atoms with Gasteiger partial charge in [0.25, 0.3) is 5.91 Å². The molecule has 1 aromatic rings. The van der Waals surface area contributed by atoms with Gasteiger partial charge in [0.2, 0.25) is 5.95 Å². The first kappa shape index (κ1) is 11.4. The van der Waals surface area contributed by atoms with E-state index in [1.165, 1.54) is 24.1 Å². The first-order valence-electron chi connectivity index (χ1n) is 5.23. The van der Waals surface area contributed by atoms with Crippen molar-refractivity contribution in [1.29, 1.82) is 0 Å². The van der Waals surface area contributed by atoms with Crippen molar-refractivity contribution in [3.05, 3.63) is 29.8 Å². The minimum atomic E-state index is -0.566. The molecule has 1 aliphatic rings. The molecule has 2 rings (SSSR count). The van der Waals surface area contributed by atoms with Crippen LogP contribution in [-0.4, -0.2) is 28.9 Å². The van der Waals surface area contributed by atoms with Crippen LogP contribution in [-0.2, 0) is 0 Å². The van der Waals surface area contributed by atoms with Crippen molar-refractivity contribution in [1.82, 2.24) is 10.3 Å². The summed E-state index contributed by atoms with van der Waals surface area (Å²) in [6, 6.07) is 2.64. The smallest absolute Gasteiger partial charge is 0.252 e. The van der Waals surface area contributed by atoms with Gasteiger partial charge in [0.1, 0.15) is 0 Å². The Hall–Kier alpha value is -1.10. The minimum absolute atomic E-state index is 0.176. The van der Waals surface area contributed by atoms with Crippen molar-refractivity contribution in [2.75, 3.05) is 18.1 Å². The predicted molar refractivity (Wildman–Crippen MR) is 62.0 cm³/mol. The summed E-state index contributed by atoms with van der Waals surface area (Å²) < 4.78 is 12.5. The van der Waals surface area contributed by atoms with E-state index in [4.69, 9.17) is 0 Å². The zero-order valence-corrected chi connectivity index (χ0v) is 9.60. The first-order valence-corrected chi connectivity index (χ1v) is 6.38. The van der Waals surface area contributed by atoms with E-state index in [2.05, 4.69) is 10.3 Å². The molecule has 1 aromatic heterocycles. The SMILES string of the molecule is O=C(NCC1CCSC1)c1ccc(F)nc1. The van der Waals surface area contributed by atoms with Crippen LogP contribution in [0.25, 0.3) is 0 Å². The number of nitrogens with one attached hydrogen (secondary N) is 1. The van der Waals surface area contributed by atoms with Crippen molar-refractivity contribution >= 4 is 17.7 Å². The zero-order chi connectivity index (χ0) is 11.4. The van der Waals surface area contributed by atoms with Gasteiger partial charge in [-0.25, -0.2) is 4.98 Å². The summed E-state index contributed by atoms with van der Waals surface area (Å²) in [5.74, 6) is 2.12. The van der Waals surface area contributed by atoms with Crippen molar-refractivity contribution in [3.8, 4) is 0 Å². The van der Waals surface area contributed by atoms with Gasteiger partial charge >= 0.3 is 0 Å². The number of amides is 1. The summed E-state index contributed by atoms with van der Waals surface area (Å²) in [6.07, 6.45) is 2.42. The highest BCUT2D eigenvalue weighted by atomic mass is 32.2. The van der Waals surface area contributed by atoms with Crippen LogP contribution in [0.4, 0.5) is 4.39 Å². The lowest BCUT2D eigenvalue weighted by atomic mass is 10.1. The Morgan fingerprint density at radius 3 is 3.12 bits per heavy atom. The van der Waals surface area contributed by atoms with Gasteiger partial charge in [-0.2, -0.15) is 16.2 Å². The molecular formula is C11H13FN2OS. The molecule has 5 heteroatoms. The summed E-state index contributed by atoms with van der Waals surface area (Å²) in [5.41, 5.74) is 0.409. The molecule has 1 saturated heterocycles. The highest BCUT2D eigenvalue weighted by molar-refractivity contribution is 7.99.